The molecule has 0 saturated heterocycles. The smallest absolute Gasteiger partial charge is 0.138 e. The first kappa shape index (κ1) is 22.3. The van der Waals surface area contributed by atoms with E-state index in [9.17, 15) is 0 Å². The number of nitrogens with zero attached hydrogens (tertiary/aromatic N) is 3. The summed E-state index contributed by atoms with van der Waals surface area (Å²) in [4.78, 5) is 9.42. The van der Waals surface area contributed by atoms with Gasteiger partial charge in [-0.3, -0.25) is 9.55 Å². The summed E-state index contributed by atoms with van der Waals surface area (Å²) in [5.41, 5.74) is 14.5. The molecular weight excluding hydrogens is 404 g/mol. The number of aryl methyl sites for hydroxylation is 2. The van der Waals surface area contributed by atoms with Crippen molar-refractivity contribution >= 4 is 22.6 Å². The molecule has 2 N–H and O–H groups in total. The van der Waals surface area contributed by atoms with Crippen molar-refractivity contribution in [2.45, 2.75) is 34.1 Å². The summed E-state index contributed by atoms with van der Waals surface area (Å²) in [5, 5.41) is 1.25. The van der Waals surface area contributed by atoms with Crippen LogP contribution in [0.4, 0.5) is 0 Å². The molecule has 166 valence electrons. The average Bonchev–Trinajstić information content (AvgIpc) is 3.12. The highest BCUT2D eigenvalue weighted by atomic mass is 15.1. The molecule has 4 heteroatoms. The fraction of sp³-hybridized carbons (Fsp3) is 0.172. The van der Waals surface area contributed by atoms with Crippen LogP contribution >= 0.6 is 0 Å². The lowest BCUT2D eigenvalue weighted by Crippen LogP contribution is -2.03. The van der Waals surface area contributed by atoms with Crippen LogP contribution < -0.4 is 5.73 Å². The van der Waals surface area contributed by atoms with Crippen LogP contribution in [0.15, 0.2) is 79.3 Å². The lowest BCUT2D eigenvalue weighted by atomic mass is 10.0. The molecule has 0 bridgehead atoms. The number of fused-ring (bicyclic) bond motifs is 1. The van der Waals surface area contributed by atoms with Gasteiger partial charge in [0.2, 0.25) is 0 Å². The molecule has 4 aromatic rings. The molecule has 0 aliphatic carbocycles. The summed E-state index contributed by atoms with van der Waals surface area (Å²) >= 11 is 0. The van der Waals surface area contributed by atoms with Gasteiger partial charge >= 0.3 is 0 Å². The van der Waals surface area contributed by atoms with Crippen LogP contribution in [0.2, 0.25) is 0 Å². The standard InChI is InChI=1S/C29H30N4/c1-5-6-11-27-22(4)25-16-20(2)12-13-28(25)33(27)29-18-24(21(3)9-7-14-30)17-26(32-29)23-10-8-15-31-19-23/h6-19H,5,30H2,1-4H3/b11-6-,14-7-,21-9+. The zero-order valence-electron chi connectivity index (χ0n) is 19.7. The summed E-state index contributed by atoms with van der Waals surface area (Å²) in [7, 11) is 0. The Morgan fingerprint density at radius 1 is 1.12 bits per heavy atom. The molecule has 4 nitrogen and oxygen atoms in total. The molecule has 0 aliphatic heterocycles. The van der Waals surface area contributed by atoms with Gasteiger partial charge in [-0.15, -0.1) is 0 Å². The van der Waals surface area contributed by atoms with Gasteiger partial charge in [0.1, 0.15) is 5.82 Å². The SMILES string of the molecule is CC/C=C\c1c(C)c2cc(C)ccc2n1-c1cc(/C(C)=C/C=C\N)cc(-c2cccnc2)n1. The third-order valence-corrected chi connectivity index (χ3v) is 5.84. The zero-order valence-corrected chi connectivity index (χ0v) is 19.7. The molecule has 0 saturated carbocycles. The molecule has 33 heavy (non-hydrogen) atoms. The Bertz CT molecular complexity index is 1370. The Hall–Kier alpha value is -3.92. The van der Waals surface area contributed by atoms with E-state index in [-0.39, 0.29) is 0 Å². The minimum atomic E-state index is 0.883. The number of rotatable bonds is 6. The number of aromatic nitrogens is 3. The molecule has 3 aromatic heterocycles. The van der Waals surface area contributed by atoms with Crippen molar-refractivity contribution in [2.24, 2.45) is 5.73 Å². The van der Waals surface area contributed by atoms with Gasteiger partial charge in [0.05, 0.1) is 16.9 Å². The lowest BCUT2D eigenvalue weighted by Gasteiger charge is -2.14. The van der Waals surface area contributed by atoms with Crippen molar-refractivity contribution in [3.63, 3.8) is 0 Å². The van der Waals surface area contributed by atoms with Crippen molar-refractivity contribution in [1.29, 1.82) is 0 Å². The predicted octanol–water partition coefficient (Wildman–Crippen LogP) is 7.00. The van der Waals surface area contributed by atoms with Crippen LogP contribution in [-0.4, -0.2) is 14.5 Å². The predicted molar refractivity (Wildman–Crippen MR) is 140 cm³/mol. The van der Waals surface area contributed by atoms with E-state index in [0.29, 0.717) is 0 Å². The van der Waals surface area contributed by atoms with E-state index in [1.54, 1.807) is 12.4 Å². The van der Waals surface area contributed by atoms with Gasteiger partial charge in [0, 0.05) is 23.3 Å². The van der Waals surface area contributed by atoms with Gasteiger partial charge in [0.15, 0.2) is 0 Å². The average molecular weight is 435 g/mol. The second-order valence-corrected chi connectivity index (χ2v) is 8.25. The van der Waals surface area contributed by atoms with Crippen molar-refractivity contribution in [2.75, 3.05) is 0 Å². The largest absolute Gasteiger partial charge is 0.405 e. The number of pyridine rings is 2. The highest BCUT2D eigenvalue weighted by molar-refractivity contribution is 5.90. The van der Waals surface area contributed by atoms with Crippen LogP contribution in [0.3, 0.4) is 0 Å². The van der Waals surface area contributed by atoms with Crippen molar-refractivity contribution < 1.29 is 0 Å². The maximum atomic E-state index is 5.58. The lowest BCUT2D eigenvalue weighted by molar-refractivity contribution is 1.02. The van der Waals surface area contributed by atoms with Gasteiger partial charge in [-0.05, 0) is 98.6 Å². The molecule has 0 radical (unpaired) electrons. The van der Waals surface area contributed by atoms with Crippen LogP contribution in [0, 0.1) is 13.8 Å². The summed E-state index contributed by atoms with van der Waals surface area (Å²) in [5.74, 6) is 0.883. The Labute approximate surface area is 195 Å². The first-order valence-corrected chi connectivity index (χ1v) is 11.3. The summed E-state index contributed by atoms with van der Waals surface area (Å²) in [6.45, 7) is 8.57. The number of hydrogen-bond donors (Lipinski definition) is 1. The zero-order chi connectivity index (χ0) is 23.4. The normalized spacial score (nSPS) is 12.4. The Morgan fingerprint density at radius 2 is 1.97 bits per heavy atom. The number of nitrogens with two attached hydrogens (primary N) is 1. The molecule has 0 unspecified atom stereocenters. The van der Waals surface area contributed by atoms with Crippen LogP contribution in [0.25, 0.3) is 39.6 Å². The quantitative estimate of drug-likeness (QED) is 0.332. The van der Waals surface area contributed by atoms with E-state index < -0.39 is 0 Å². The minimum absolute atomic E-state index is 0.883. The first-order valence-electron chi connectivity index (χ1n) is 11.3. The van der Waals surface area contributed by atoms with Gasteiger partial charge in [-0.2, -0.15) is 0 Å². The first-order chi connectivity index (χ1) is 16.0. The van der Waals surface area contributed by atoms with Crippen LogP contribution in [0.5, 0.6) is 0 Å². The second kappa shape index (κ2) is 9.70. The molecule has 0 fully saturated rings. The number of benzene rings is 1. The summed E-state index contributed by atoms with van der Waals surface area (Å²) in [6, 6.07) is 14.9. The fourth-order valence-electron chi connectivity index (χ4n) is 4.07. The van der Waals surface area contributed by atoms with Gasteiger partial charge in [-0.1, -0.05) is 30.7 Å². The molecule has 1 aromatic carbocycles. The molecule has 0 atom stereocenters. The summed E-state index contributed by atoms with van der Waals surface area (Å²) in [6.07, 6.45) is 14.4. The van der Waals surface area contributed by atoms with E-state index in [2.05, 4.69) is 79.7 Å². The molecule has 3 heterocycles. The number of hydrogen-bond acceptors (Lipinski definition) is 3. The van der Waals surface area contributed by atoms with Gasteiger partial charge in [0.25, 0.3) is 0 Å². The van der Waals surface area contributed by atoms with Gasteiger partial charge in [-0.25, -0.2) is 4.98 Å². The molecule has 0 spiro atoms. The minimum Gasteiger partial charge on any atom is -0.405 e. The van der Waals surface area contributed by atoms with Gasteiger partial charge < -0.3 is 5.73 Å². The Balaban J connectivity index is 2.05. The fourth-order valence-corrected chi connectivity index (χ4v) is 4.07. The van der Waals surface area contributed by atoms with Crippen LogP contribution in [0.1, 0.15) is 42.7 Å². The van der Waals surface area contributed by atoms with E-state index in [1.165, 1.54) is 16.5 Å². The third-order valence-electron chi connectivity index (χ3n) is 5.84. The Morgan fingerprint density at radius 3 is 2.70 bits per heavy atom. The van der Waals surface area contributed by atoms with Crippen molar-refractivity contribution in [1.82, 2.24) is 14.5 Å². The van der Waals surface area contributed by atoms with Crippen LogP contribution in [-0.2, 0) is 0 Å². The van der Waals surface area contributed by atoms with Crippen molar-refractivity contribution in [3.8, 4) is 17.1 Å². The second-order valence-electron chi connectivity index (χ2n) is 8.25. The number of allylic oxidation sites excluding steroid dienone is 4. The third kappa shape index (κ3) is 4.51. The highest BCUT2D eigenvalue weighted by Gasteiger charge is 2.17. The molecule has 4 rings (SSSR count). The maximum absolute atomic E-state index is 5.58. The van der Waals surface area contributed by atoms with E-state index in [0.717, 1.165) is 45.8 Å². The maximum Gasteiger partial charge on any atom is 0.138 e. The molecule has 0 aliphatic rings. The monoisotopic (exact) mass is 434 g/mol. The summed E-state index contributed by atoms with van der Waals surface area (Å²) < 4.78 is 2.27. The van der Waals surface area contributed by atoms with E-state index >= 15 is 0 Å². The van der Waals surface area contributed by atoms with E-state index in [1.807, 2.05) is 30.5 Å². The molecular formula is C29H30N4. The molecule has 0 amide bonds. The van der Waals surface area contributed by atoms with E-state index in [4.69, 9.17) is 10.7 Å². The highest BCUT2D eigenvalue weighted by Crippen LogP contribution is 2.32. The Kier molecular flexibility index (Phi) is 6.55. The topological polar surface area (TPSA) is 56.7 Å². The van der Waals surface area contributed by atoms with Crippen molar-refractivity contribution in [3.05, 3.63) is 102 Å².